The maximum atomic E-state index is 13.1. The van der Waals surface area contributed by atoms with Gasteiger partial charge in [-0.05, 0) is 37.9 Å². The zero-order valence-corrected chi connectivity index (χ0v) is 13.4. The smallest absolute Gasteiger partial charge is 0.260 e. The Morgan fingerprint density at radius 3 is 2.95 bits per heavy atom. The fourth-order valence-corrected chi connectivity index (χ4v) is 3.59. The molecule has 1 amide bonds. The van der Waals surface area contributed by atoms with E-state index in [1.165, 1.54) is 24.6 Å². The van der Waals surface area contributed by atoms with Crippen LogP contribution in [0.2, 0.25) is 5.02 Å². The molecule has 120 valence electrons. The Labute approximate surface area is 134 Å². The van der Waals surface area contributed by atoms with Crippen LogP contribution < -0.4 is 4.74 Å². The van der Waals surface area contributed by atoms with Crippen molar-refractivity contribution in [3.05, 3.63) is 29.0 Å². The summed E-state index contributed by atoms with van der Waals surface area (Å²) in [7, 11) is 2.11. The SMILES string of the molecule is CN1C[C@H]2CC[C@@H](C1)N(C(=O)COc1ccc(F)c(Cl)c1)C2. The molecule has 3 saturated heterocycles. The van der Waals surface area contributed by atoms with Gasteiger partial charge in [0.25, 0.3) is 5.91 Å². The normalized spacial score (nSPS) is 25.1. The second kappa shape index (κ2) is 6.42. The minimum Gasteiger partial charge on any atom is -0.484 e. The number of likely N-dealkylation sites (N-methyl/N-ethyl adjacent to an activating group) is 1. The molecule has 3 aliphatic rings. The van der Waals surface area contributed by atoms with Gasteiger partial charge in [0, 0.05) is 31.7 Å². The summed E-state index contributed by atoms with van der Waals surface area (Å²) in [4.78, 5) is 16.7. The number of ether oxygens (including phenoxy) is 1. The second-order valence-electron chi connectivity index (χ2n) is 6.23. The third kappa shape index (κ3) is 3.36. The molecule has 3 heterocycles. The quantitative estimate of drug-likeness (QED) is 0.855. The molecule has 2 atom stereocenters. The first-order valence-electron chi connectivity index (χ1n) is 7.59. The highest BCUT2D eigenvalue weighted by atomic mass is 35.5. The van der Waals surface area contributed by atoms with Gasteiger partial charge in [0.05, 0.1) is 5.02 Å². The monoisotopic (exact) mass is 326 g/mol. The molecule has 0 radical (unpaired) electrons. The van der Waals surface area contributed by atoms with Crippen molar-refractivity contribution in [3.63, 3.8) is 0 Å². The van der Waals surface area contributed by atoms with Crippen LogP contribution in [0.1, 0.15) is 12.8 Å². The van der Waals surface area contributed by atoms with Crippen molar-refractivity contribution in [2.24, 2.45) is 5.92 Å². The molecule has 1 aromatic carbocycles. The van der Waals surface area contributed by atoms with Crippen molar-refractivity contribution in [1.29, 1.82) is 0 Å². The lowest BCUT2D eigenvalue weighted by Crippen LogP contribution is -2.48. The van der Waals surface area contributed by atoms with Gasteiger partial charge in [0.2, 0.25) is 0 Å². The molecule has 0 spiro atoms. The van der Waals surface area contributed by atoms with Gasteiger partial charge in [-0.3, -0.25) is 4.79 Å². The molecule has 6 heteroatoms. The number of nitrogens with zero attached hydrogens (tertiary/aromatic N) is 2. The lowest BCUT2D eigenvalue weighted by atomic mass is 9.95. The number of halogens is 2. The number of amides is 1. The van der Waals surface area contributed by atoms with Crippen LogP contribution in [0, 0.1) is 11.7 Å². The fourth-order valence-electron chi connectivity index (χ4n) is 3.42. The number of carbonyl (C=O) groups is 1. The van der Waals surface area contributed by atoms with E-state index in [0.29, 0.717) is 11.7 Å². The number of carbonyl (C=O) groups excluding carboxylic acids is 1. The van der Waals surface area contributed by atoms with Crippen molar-refractivity contribution in [3.8, 4) is 5.75 Å². The van der Waals surface area contributed by atoms with Gasteiger partial charge < -0.3 is 14.5 Å². The molecule has 3 aliphatic heterocycles. The maximum Gasteiger partial charge on any atom is 0.260 e. The van der Waals surface area contributed by atoms with E-state index in [-0.39, 0.29) is 23.6 Å². The van der Waals surface area contributed by atoms with Gasteiger partial charge in [0.15, 0.2) is 6.61 Å². The van der Waals surface area contributed by atoms with Crippen molar-refractivity contribution in [2.45, 2.75) is 18.9 Å². The predicted molar refractivity (Wildman–Crippen MR) is 82.6 cm³/mol. The first kappa shape index (κ1) is 15.6. The molecular weight excluding hydrogens is 307 g/mol. The maximum absolute atomic E-state index is 13.1. The Morgan fingerprint density at radius 1 is 1.36 bits per heavy atom. The number of hydrogen-bond donors (Lipinski definition) is 0. The molecule has 4 rings (SSSR count). The molecule has 4 nitrogen and oxygen atoms in total. The molecule has 3 fully saturated rings. The van der Waals surface area contributed by atoms with Gasteiger partial charge in [-0.25, -0.2) is 4.39 Å². The van der Waals surface area contributed by atoms with Crippen LogP contribution in [0.15, 0.2) is 18.2 Å². The standard InChI is InChI=1S/C16H20ClFN2O2/c1-19-7-11-2-3-12(9-19)20(8-11)16(21)10-22-13-4-5-15(18)14(17)6-13/h4-6,11-12H,2-3,7-10H2,1H3/t11-,12+/m1/s1. The van der Waals surface area contributed by atoms with Crippen molar-refractivity contribution >= 4 is 17.5 Å². The Morgan fingerprint density at radius 2 is 2.18 bits per heavy atom. The highest BCUT2D eigenvalue weighted by Gasteiger charge is 2.36. The Kier molecular flexibility index (Phi) is 4.54. The van der Waals surface area contributed by atoms with E-state index >= 15 is 0 Å². The van der Waals surface area contributed by atoms with E-state index < -0.39 is 5.82 Å². The van der Waals surface area contributed by atoms with Crippen LogP contribution in [0.5, 0.6) is 5.75 Å². The van der Waals surface area contributed by atoms with E-state index in [2.05, 4.69) is 11.9 Å². The molecular formula is C16H20ClFN2O2. The molecule has 1 aromatic rings. The molecule has 0 aliphatic carbocycles. The zero-order valence-electron chi connectivity index (χ0n) is 12.6. The van der Waals surface area contributed by atoms with Crippen LogP contribution in [-0.2, 0) is 4.79 Å². The first-order chi connectivity index (χ1) is 10.5. The Bertz CT molecular complexity index is 569. The largest absolute Gasteiger partial charge is 0.484 e. The average molecular weight is 327 g/mol. The summed E-state index contributed by atoms with van der Waals surface area (Å²) in [6.07, 6.45) is 2.25. The summed E-state index contributed by atoms with van der Waals surface area (Å²) in [5.41, 5.74) is 0. The summed E-state index contributed by atoms with van der Waals surface area (Å²) < 4.78 is 18.6. The Balaban J connectivity index is 1.61. The van der Waals surface area contributed by atoms with E-state index in [1.54, 1.807) is 0 Å². The van der Waals surface area contributed by atoms with Crippen LogP contribution >= 0.6 is 11.6 Å². The van der Waals surface area contributed by atoms with E-state index in [1.807, 2.05) is 4.90 Å². The number of hydrogen-bond acceptors (Lipinski definition) is 3. The van der Waals surface area contributed by atoms with Crippen molar-refractivity contribution in [1.82, 2.24) is 9.80 Å². The van der Waals surface area contributed by atoms with Crippen LogP contribution in [-0.4, -0.2) is 55.0 Å². The van der Waals surface area contributed by atoms with Crippen LogP contribution in [0.3, 0.4) is 0 Å². The molecule has 0 N–H and O–H groups in total. The van der Waals surface area contributed by atoms with Crippen molar-refractivity contribution in [2.75, 3.05) is 33.3 Å². The van der Waals surface area contributed by atoms with Gasteiger partial charge in [-0.15, -0.1) is 0 Å². The van der Waals surface area contributed by atoms with Gasteiger partial charge >= 0.3 is 0 Å². The minimum absolute atomic E-state index is 0.000373. The Hall–Kier alpha value is -1.33. The summed E-state index contributed by atoms with van der Waals surface area (Å²) in [5, 5.41) is 0.000373. The minimum atomic E-state index is -0.492. The average Bonchev–Trinajstić information content (AvgIpc) is 2.76. The van der Waals surface area contributed by atoms with Crippen LogP contribution in [0.4, 0.5) is 4.39 Å². The number of fused-ring (bicyclic) bond motifs is 4. The summed E-state index contributed by atoms with van der Waals surface area (Å²) in [5.74, 6) is 0.462. The summed E-state index contributed by atoms with van der Waals surface area (Å²) >= 11 is 5.71. The molecule has 2 bridgehead atoms. The van der Waals surface area contributed by atoms with Gasteiger partial charge in [-0.1, -0.05) is 11.6 Å². The highest BCUT2D eigenvalue weighted by molar-refractivity contribution is 6.30. The second-order valence-corrected chi connectivity index (χ2v) is 6.64. The lowest BCUT2D eigenvalue weighted by Gasteiger charge is -2.36. The summed E-state index contributed by atoms with van der Waals surface area (Å²) in [6.45, 7) is 2.75. The third-order valence-electron chi connectivity index (χ3n) is 4.47. The fraction of sp³-hybridized carbons (Fsp3) is 0.562. The van der Waals surface area contributed by atoms with E-state index in [4.69, 9.17) is 16.3 Å². The molecule has 22 heavy (non-hydrogen) atoms. The number of benzene rings is 1. The van der Waals surface area contributed by atoms with Crippen molar-refractivity contribution < 1.29 is 13.9 Å². The van der Waals surface area contributed by atoms with Gasteiger partial charge in [0.1, 0.15) is 11.6 Å². The molecule has 0 unspecified atom stereocenters. The molecule has 0 saturated carbocycles. The number of rotatable bonds is 3. The van der Waals surface area contributed by atoms with E-state index in [9.17, 15) is 9.18 Å². The van der Waals surface area contributed by atoms with Gasteiger partial charge in [-0.2, -0.15) is 0 Å². The highest BCUT2D eigenvalue weighted by Crippen LogP contribution is 2.27. The first-order valence-corrected chi connectivity index (χ1v) is 7.96. The topological polar surface area (TPSA) is 32.8 Å². The van der Waals surface area contributed by atoms with Crippen LogP contribution in [0.25, 0.3) is 0 Å². The summed E-state index contributed by atoms with van der Waals surface area (Å²) in [6, 6.07) is 4.39. The van der Waals surface area contributed by atoms with E-state index in [0.717, 1.165) is 26.1 Å². The third-order valence-corrected chi connectivity index (χ3v) is 4.76. The lowest BCUT2D eigenvalue weighted by molar-refractivity contribution is -0.137. The predicted octanol–water partition coefficient (Wildman–Crippen LogP) is 2.41. The zero-order chi connectivity index (χ0) is 15.7. The number of piperidine rings is 1. The molecule has 0 aromatic heterocycles.